The maximum Gasteiger partial charge on any atom is 0.0998 e. The van der Waals surface area contributed by atoms with Gasteiger partial charge < -0.3 is 18.3 Å². The van der Waals surface area contributed by atoms with Gasteiger partial charge in [-0.15, -0.1) is 0 Å². The van der Waals surface area contributed by atoms with Crippen LogP contribution in [0, 0.1) is 11.3 Å². The van der Waals surface area contributed by atoms with E-state index in [9.17, 15) is 5.26 Å². The van der Waals surface area contributed by atoms with E-state index >= 15 is 0 Å². The largest absolute Gasteiger partial charge is 0.309 e. The SMILES string of the molecule is N#Cc1cccc2c1c1ccc3c(c4cc(-n5c6ccccc6c6ccc7c(c8ccccc8n7-c7ccccc7)c65)ccc4n3-c3ccccc3)c1n2-c1ccccc1. The molecule has 5 heteroatoms. The Labute approximate surface area is 344 Å². The number of nitrogens with zero attached hydrogens (tertiary/aromatic N) is 5. The number of para-hydroxylation sites is 5. The van der Waals surface area contributed by atoms with E-state index in [2.05, 4.69) is 212 Å². The molecule has 0 bridgehead atoms. The Bertz CT molecular complexity index is 3930. The fraction of sp³-hybridized carbons (Fsp3) is 0. The maximum atomic E-state index is 10.5. The van der Waals surface area contributed by atoms with Crippen LogP contribution < -0.4 is 0 Å². The molecule has 0 fully saturated rings. The van der Waals surface area contributed by atoms with Crippen LogP contribution in [0.5, 0.6) is 0 Å². The van der Waals surface area contributed by atoms with Gasteiger partial charge in [-0.05, 0) is 91.0 Å². The molecule has 60 heavy (non-hydrogen) atoms. The number of benzene rings is 9. The van der Waals surface area contributed by atoms with Crippen LogP contribution in [0.1, 0.15) is 5.56 Å². The molecule has 5 nitrogen and oxygen atoms in total. The molecule has 0 unspecified atom stereocenters. The van der Waals surface area contributed by atoms with Gasteiger partial charge in [-0.2, -0.15) is 5.26 Å². The summed E-state index contributed by atoms with van der Waals surface area (Å²) in [5.74, 6) is 0. The van der Waals surface area contributed by atoms with Crippen molar-refractivity contribution in [2.45, 2.75) is 0 Å². The van der Waals surface area contributed by atoms with Crippen molar-refractivity contribution in [1.82, 2.24) is 18.3 Å². The number of hydrogen-bond acceptors (Lipinski definition) is 1. The molecule has 13 aromatic rings. The van der Waals surface area contributed by atoms with Crippen molar-refractivity contribution >= 4 is 87.2 Å². The summed E-state index contributed by atoms with van der Waals surface area (Å²) in [6.45, 7) is 0. The van der Waals surface area contributed by atoms with Gasteiger partial charge in [-0.25, -0.2) is 0 Å². The highest BCUT2D eigenvalue weighted by Crippen LogP contribution is 2.46. The summed E-state index contributed by atoms with van der Waals surface area (Å²) < 4.78 is 9.64. The van der Waals surface area contributed by atoms with E-state index < -0.39 is 0 Å². The third-order valence-electron chi connectivity index (χ3n) is 12.6. The lowest BCUT2D eigenvalue weighted by Crippen LogP contribution is -1.96. The second-order valence-corrected chi connectivity index (χ2v) is 15.6. The lowest BCUT2D eigenvalue weighted by atomic mass is 10.0. The van der Waals surface area contributed by atoms with E-state index in [4.69, 9.17) is 0 Å². The van der Waals surface area contributed by atoms with Gasteiger partial charge in [0.15, 0.2) is 0 Å². The lowest BCUT2D eigenvalue weighted by molar-refractivity contribution is 1.16. The smallest absolute Gasteiger partial charge is 0.0998 e. The zero-order valence-electron chi connectivity index (χ0n) is 32.3. The average molecular weight is 764 g/mol. The number of rotatable bonds is 4. The zero-order valence-corrected chi connectivity index (χ0v) is 32.3. The molecule has 278 valence electrons. The van der Waals surface area contributed by atoms with Crippen LogP contribution in [0.4, 0.5) is 0 Å². The summed E-state index contributed by atoms with van der Waals surface area (Å²) >= 11 is 0. The van der Waals surface area contributed by atoms with Crippen LogP contribution in [-0.4, -0.2) is 18.3 Å². The van der Waals surface area contributed by atoms with Gasteiger partial charge in [0.2, 0.25) is 0 Å². The van der Waals surface area contributed by atoms with Crippen LogP contribution in [-0.2, 0) is 0 Å². The van der Waals surface area contributed by atoms with E-state index in [-0.39, 0.29) is 0 Å². The van der Waals surface area contributed by atoms with Crippen LogP contribution in [0.3, 0.4) is 0 Å². The fourth-order valence-corrected chi connectivity index (χ4v) is 10.2. The number of aromatic nitrogens is 4. The molecule has 13 rings (SSSR count). The van der Waals surface area contributed by atoms with Gasteiger partial charge in [-0.3, -0.25) is 0 Å². The summed E-state index contributed by atoms with van der Waals surface area (Å²) in [5.41, 5.74) is 14.1. The molecule has 0 radical (unpaired) electrons. The van der Waals surface area contributed by atoms with E-state index in [1.54, 1.807) is 0 Å². The first-order chi connectivity index (χ1) is 29.8. The monoisotopic (exact) mass is 763 g/mol. The Morgan fingerprint density at radius 3 is 1.38 bits per heavy atom. The Morgan fingerprint density at radius 1 is 0.283 bits per heavy atom. The number of hydrogen-bond donors (Lipinski definition) is 0. The predicted molar refractivity (Wildman–Crippen MR) is 249 cm³/mol. The minimum absolute atomic E-state index is 0.669. The molecule has 0 aliphatic rings. The van der Waals surface area contributed by atoms with Gasteiger partial charge in [0.05, 0.1) is 55.8 Å². The first kappa shape index (κ1) is 32.7. The summed E-state index contributed by atoms with van der Waals surface area (Å²) in [6, 6.07) is 74.2. The van der Waals surface area contributed by atoms with Crippen molar-refractivity contribution in [3.63, 3.8) is 0 Å². The third kappa shape index (κ3) is 4.34. The molecule has 9 aromatic carbocycles. The lowest BCUT2D eigenvalue weighted by Gasteiger charge is -2.11. The third-order valence-corrected chi connectivity index (χ3v) is 12.6. The van der Waals surface area contributed by atoms with Crippen LogP contribution in [0.2, 0.25) is 0 Å². The normalized spacial score (nSPS) is 12.0. The molecule has 0 aliphatic heterocycles. The van der Waals surface area contributed by atoms with Crippen molar-refractivity contribution in [2.75, 3.05) is 0 Å². The highest BCUT2D eigenvalue weighted by molar-refractivity contribution is 6.28. The summed E-state index contributed by atoms with van der Waals surface area (Å²) in [5, 5.41) is 19.7. The second-order valence-electron chi connectivity index (χ2n) is 15.6. The Kier molecular flexibility index (Phi) is 6.73. The molecular weight excluding hydrogens is 731 g/mol. The van der Waals surface area contributed by atoms with Crippen molar-refractivity contribution in [2.24, 2.45) is 0 Å². The second kappa shape index (κ2) is 12.3. The van der Waals surface area contributed by atoms with Gasteiger partial charge in [0.25, 0.3) is 0 Å². The molecule has 0 N–H and O–H groups in total. The molecule has 0 amide bonds. The van der Waals surface area contributed by atoms with Gasteiger partial charge in [0, 0.05) is 65.8 Å². The topological polar surface area (TPSA) is 43.5 Å². The van der Waals surface area contributed by atoms with Gasteiger partial charge in [-0.1, -0.05) is 109 Å². The fourth-order valence-electron chi connectivity index (χ4n) is 10.2. The standard InChI is InChI=1S/C55H33N5/c56-34-35-15-14-26-48-51(35)43-29-32-50-53(55(43)59(48)38-20-8-3-9-21-38)44-33-39(27-30-47(44)58(50)37-18-6-2-7-19-37)60-45-24-12-10-22-40(45)41-28-31-49-52(54(41)60)42-23-11-13-25-46(42)57(49)36-16-4-1-5-17-36/h1-33H. The molecule has 0 spiro atoms. The molecular formula is C55H33N5. The van der Waals surface area contributed by atoms with Crippen molar-refractivity contribution in [1.29, 1.82) is 5.26 Å². The molecule has 0 saturated heterocycles. The first-order valence-electron chi connectivity index (χ1n) is 20.3. The summed E-state index contributed by atoms with van der Waals surface area (Å²) in [4.78, 5) is 0. The van der Waals surface area contributed by atoms with Crippen molar-refractivity contribution in [3.8, 4) is 28.8 Å². The zero-order chi connectivity index (χ0) is 39.5. The molecule has 0 aliphatic carbocycles. The Hall–Kier alpha value is -8.33. The number of fused-ring (bicyclic) bond motifs is 14. The first-order valence-corrected chi connectivity index (χ1v) is 20.3. The average Bonchev–Trinajstić information content (AvgIpc) is 4.04. The molecule has 4 heterocycles. The quantitative estimate of drug-likeness (QED) is 0.176. The van der Waals surface area contributed by atoms with E-state index in [0.29, 0.717) is 5.56 Å². The predicted octanol–water partition coefficient (Wildman–Crippen LogP) is 13.9. The highest BCUT2D eigenvalue weighted by Gasteiger charge is 2.25. The van der Waals surface area contributed by atoms with Crippen LogP contribution in [0.25, 0.3) is 110 Å². The van der Waals surface area contributed by atoms with Crippen molar-refractivity contribution in [3.05, 3.63) is 206 Å². The minimum atomic E-state index is 0.669. The maximum absolute atomic E-state index is 10.5. The summed E-state index contributed by atoms with van der Waals surface area (Å²) in [6.07, 6.45) is 0. The van der Waals surface area contributed by atoms with E-state index in [0.717, 1.165) is 71.9 Å². The molecule has 0 saturated carbocycles. The van der Waals surface area contributed by atoms with Gasteiger partial charge in [0.1, 0.15) is 0 Å². The van der Waals surface area contributed by atoms with Crippen LogP contribution in [0.15, 0.2) is 200 Å². The Morgan fingerprint density at radius 2 is 0.733 bits per heavy atom. The van der Waals surface area contributed by atoms with Gasteiger partial charge >= 0.3 is 0 Å². The minimum Gasteiger partial charge on any atom is -0.309 e. The van der Waals surface area contributed by atoms with Crippen LogP contribution >= 0.6 is 0 Å². The highest BCUT2D eigenvalue weighted by atomic mass is 15.0. The molecule has 4 aromatic heterocycles. The molecule has 0 atom stereocenters. The van der Waals surface area contributed by atoms with E-state index in [1.807, 2.05) is 12.1 Å². The van der Waals surface area contributed by atoms with E-state index in [1.165, 1.54) is 38.1 Å². The Balaban J connectivity index is 1.22. The number of nitriles is 1. The summed E-state index contributed by atoms with van der Waals surface area (Å²) in [7, 11) is 0. The van der Waals surface area contributed by atoms with Crippen molar-refractivity contribution < 1.29 is 0 Å².